The van der Waals surface area contributed by atoms with Crippen LogP contribution in [0.5, 0.6) is 0 Å². The molecule has 0 saturated heterocycles. The Morgan fingerprint density at radius 2 is 2.11 bits per heavy atom. The van der Waals surface area contributed by atoms with Gasteiger partial charge in [-0.2, -0.15) is 0 Å². The molecule has 0 fully saturated rings. The highest BCUT2D eigenvalue weighted by Crippen LogP contribution is 2.18. The summed E-state index contributed by atoms with van der Waals surface area (Å²) in [5.74, 6) is 0.810. The second kappa shape index (κ2) is 5.35. The van der Waals surface area contributed by atoms with Gasteiger partial charge in [0, 0.05) is 11.9 Å². The molecule has 0 aliphatic carbocycles. The van der Waals surface area contributed by atoms with E-state index in [2.05, 4.69) is 33.5 Å². The van der Waals surface area contributed by atoms with Crippen LogP contribution in [0.3, 0.4) is 0 Å². The smallest absolute Gasteiger partial charge is 0.180 e. The monoisotopic (exact) mass is 251 g/mol. The van der Waals surface area contributed by atoms with Gasteiger partial charge in [0.25, 0.3) is 0 Å². The average Bonchev–Trinajstić information content (AvgIpc) is 2.97. The molecule has 1 aromatic carbocycles. The maximum absolute atomic E-state index is 5.01. The van der Waals surface area contributed by atoms with Gasteiger partial charge < -0.3 is 10.1 Å². The van der Waals surface area contributed by atoms with Gasteiger partial charge >= 0.3 is 0 Å². The van der Waals surface area contributed by atoms with Gasteiger partial charge in [-0.15, -0.1) is 0 Å². The van der Waals surface area contributed by atoms with Crippen LogP contribution in [0.2, 0.25) is 0 Å². The van der Waals surface area contributed by atoms with E-state index in [1.807, 2.05) is 30.5 Å². The van der Waals surface area contributed by atoms with Gasteiger partial charge in [0.2, 0.25) is 0 Å². The molecule has 0 atom stereocenters. The van der Waals surface area contributed by atoms with Crippen LogP contribution in [0.15, 0.2) is 64.6 Å². The van der Waals surface area contributed by atoms with E-state index in [9.17, 15) is 0 Å². The van der Waals surface area contributed by atoms with E-state index in [1.54, 1.807) is 12.4 Å². The lowest BCUT2D eigenvalue weighted by atomic mass is 10.2. The van der Waals surface area contributed by atoms with Crippen molar-refractivity contribution in [1.82, 2.24) is 0 Å². The van der Waals surface area contributed by atoms with Crippen LogP contribution in [0.4, 0.5) is 5.69 Å². The van der Waals surface area contributed by atoms with Crippen molar-refractivity contribution in [2.45, 2.75) is 0 Å². The molecule has 3 aliphatic rings. The number of anilines is 1. The number of benzene rings is 1. The lowest BCUT2D eigenvalue weighted by molar-refractivity contribution is 0.261. The van der Waals surface area contributed by atoms with Crippen LogP contribution >= 0.6 is 0 Å². The highest BCUT2D eigenvalue weighted by molar-refractivity contribution is 6.39. The Morgan fingerprint density at radius 3 is 3.05 bits per heavy atom. The fraction of sp³-hybridized carbons (Fsp3) is 0.0667. The third-order valence-corrected chi connectivity index (χ3v) is 2.78. The minimum Gasteiger partial charge on any atom is -0.467 e. The van der Waals surface area contributed by atoms with Gasteiger partial charge in [-0.3, -0.25) is 4.99 Å². The van der Waals surface area contributed by atoms with Crippen LogP contribution in [-0.4, -0.2) is 18.7 Å². The number of allylic oxidation sites excluding steroid dienone is 3. The van der Waals surface area contributed by atoms with Gasteiger partial charge in [-0.25, -0.2) is 4.99 Å². The standard InChI is InChI=1S/C10H9N.C5H4N2O/c1-2-7-10-9(5-1)6-3-4-8-11-10;1-4-5(2-6-1)8-3-7-4/h1-8,11H;1-2H,3H2. The van der Waals surface area contributed by atoms with Crippen LogP contribution in [0, 0.1) is 0 Å². The van der Waals surface area contributed by atoms with Crippen LogP contribution in [0.1, 0.15) is 5.56 Å². The third kappa shape index (κ3) is 2.63. The number of hydrogen-bond acceptors (Lipinski definition) is 4. The summed E-state index contributed by atoms with van der Waals surface area (Å²) in [4.78, 5) is 7.80. The number of fused-ring (bicyclic) bond motifs is 2. The lowest BCUT2D eigenvalue weighted by Gasteiger charge is -2.01. The molecule has 94 valence electrons. The van der Waals surface area contributed by atoms with E-state index in [1.165, 1.54) is 5.56 Å². The van der Waals surface area contributed by atoms with Crippen molar-refractivity contribution in [2.24, 2.45) is 9.98 Å². The first kappa shape index (κ1) is 11.5. The SMILES string of the molecule is C1=CNc2ccccc2C=C1.C1=NC=C2OCN=C12. The van der Waals surface area contributed by atoms with E-state index in [0.29, 0.717) is 6.73 Å². The molecule has 19 heavy (non-hydrogen) atoms. The summed E-state index contributed by atoms with van der Waals surface area (Å²) >= 11 is 0. The van der Waals surface area contributed by atoms with Gasteiger partial charge in [-0.1, -0.05) is 30.4 Å². The predicted octanol–water partition coefficient (Wildman–Crippen LogP) is 2.98. The van der Waals surface area contributed by atoms with Crippen molar-refractivity contribution < 1.29 is 4.74 Å². The number of nitrogens with zero attached hydrogens (tertiary/aromatic N) is 2. The molecule has 0 amide bonds. The largest absolute Gasteiger partial charge is 0.467 e. The fourth-order valence-electron chi connectivity index (χ4n) is 1.83. The van der Waals surface area contributed by atoms with E-state index in [0.717, 1.165) is 17.2 Å². The van der Waals surface area contributed by atoms with Crippen LogP contribution < -0.4 is 5.32 Å². The molecule has 4 rings (SSSR count). The number of hydrogen-bond donors (Lipinski definition) is 1. The predicted molar refractivity (Wildman–Crippen MR) is 78.2 cm³/mol. The molecule has 4 nitrogen and oxygen atoms in total. The Bertz CT molecular complexity index is 624. The summed E-state index contributed by atoms with van der Waals surface area (Å²) < 4.78 is 5.01. The second-order valence-corrected chi connectivity index (χ2v) is 4.04. The van der Waals surface area contributed by atoms with Crippen LogP contribution in [0.25, 0.3) is 6.08 Å². The molecule has 3 heterocycles. The zero-order valence-corrected chi connectivity index (χ0v) is 10.3. The highest BCUT2D eigenvalue weighted by Gasteiger charge is 2.15. The van der Waals surface area contributed by atoms with Crippen molar-refractivity contribution in [3.05, 3.63) is 60.1 Å². The van der Waals surface area contributed by atoms with Gasteiger partial charge in [0.05, 0.1) is 12.4 Å². The second-order valence-electron chi connectivity index (χ2n) is 4.04. The summed E-state index contributed by atoms with van der Waals surface area (Å²) in [7, 11) is 0. The molecular weight excluding hydrogens is 238 g/mol. The summed E-state index contributed by atoms with van der Waals surface area (Å²) in [6.45, 7) is 0.465. The first-order valence-corrected chi connectivity index (χ1v) is 6.03. The Kier molecular flexibility index (Phi) is 3.23. The first-order chi connectivity index (χ1) is 9.43. The lowest BCUT2D eigenvalue weighted by Crippen LogP contribution is -1.92. The molecule has 0 saturated carbocycles. The molecule has 0 unspecified atom stereocenters. The highest BCUT2D eigenvalue weighted by atomic mass is 16.5. The first-order valence-electron chi connectivity index (χ1n) is 6.03. The van der Waals surface area contributed by atoms with Gasteiger partial charge in [0.1, 0.15) is 5.71 Å². The van der Waals surface area contributed by atoms with E-state index >= 15 is 0 Å². The Labute approximate surface area is 111 Å². The quantitative estimate of drug-likeness (QED) is 0.770. The number of para-hydroxylation sites is 1. The fourth-order valence-corrected chi connectivity index (χ4v) is 1.83. The van der Waals surface area contributed by atoms with Crippen molar-refractivity contribution in [2.75, 3.05) is 12.0 Å². The van der Waals surface area contributed by atoms with Crippen molar-refractivity contribution in [3.63, 3.8) is 0 Å². The molecule has 4 heteroatoms. The molecule has 1 aromatic rings. The number of aliphatic imine (C=N–C) groups is 2. The molecule has 0 spiro atoms. The number of ether oxygens (including phenoxy) is 1. The van der Waals surface area contributed by atoms with Gasteiger partial charge in [-0.05, 0) is 17.7 Å². The summed E-state index contributed by atoms with van der Waals surface area (Å²) in [6, 6.07) is 8.22. The minimum absolute atomic E-state index is 0.465. The topological polar surface area (TPSA) is 46.0 Å². The van der Waals surface area contributed by atoms with Crippen molar-refractivity contribution in [3.8, 4) is 0 Å². The zero-order valence-electron chi connectivity index (χ0n) is 10.3. The average molecular weight is 251 g/mol. The summed E-state index contributed by atoms with van der Waals surface area (Å²) in [6.07, 6.45) is 11.4. The molecule has 0 radical (unpaired) electrons. The summed E-state index contributed by atoms with van der Waals surface area (Å²) in [5, 5.41) is 3.18. The maximum Gasteiger partial charge on any atom is 0.180 e. The number of nitrogens with one attached hydrogen (secondary N) is 1. The van der Waals surface area contributed by atoms with Gasteiger partial charge in [0.15, 0.2) is 12.5 Å². The van der Waals surface area contributed by atoms with E-state index in [-0.39, 0.29) is 0 Å². The molecular formula is C15H13N3O. The Balaban J connectivity index is 0.000000122. The maximum atomic E-state index is 5.01. The third-order valence-electron chi connectivity index (χ3n) is 2.78. The van der Waals surface area contributed by atoms with E-state index in [4.69, 9.17) is 4.74 Å². The Morgan fingerprint density at radius 1 is 1.16 bits per heavy atom. The molecule has 1 N–H and O–H groups in total. The zero-order chi connectivity index (χ0) is 12.9. The number of rotatable bonds is 0. The molecule has 0 aromatic heterocycles. The van der Waals surface area contributed by atoms with E-state index < -0.39 is 0 Å². The minimum atomic E-state index is 0.465. The van der Waals surface area contributed by atoms with Crippen molar-refractivity contribution in [1.29, 1.82) is 0 Å². The Hall–Kier alpha value is -2.62. The molecule has 0 bridgehead atoms. The normalized spacial score (nSPS) is 17.1. The van der Waals surface area contributed by atoms with Crippen LogP contribution in [-0.2, 0) is 4.74 Å². The molecule has 3 aliphatic heterocycles. The van der Waals surface area contributed by atoms with Crippen molar-refractivity contribution >= 4 is 23.7 Å². The summed E-state index contributed by atoms with van der Waals surface area (Å²) in [5.41, 5.74) is 3.28.